The molecular formula is C20H26N2O. The number of hydrogen-bond acceptors (Lipinski definition) is 2. The summed E-state index contributed by atoms with van der Waals surface area (Å²) in [6.07, 6.45) is 0. The van der Waals surface area contributed by atoms with Crippen molar-refractivity contribution in [2.24, 2.45) is 0 Å². The van der Waals surface area contributed by atoms with Crippen molar-refractivity contribution in [2.75, 3.05) is 20.6 Å². The molecule has 23 heavy (non-hydrogen) atoms. The van der Waals surface area contributed by atoms with Gasteiger partial charge in [0.25, 0.3) is 0 Å². The van der Waals surface area contributed by atoms with E-state index in [0.29, 0.717) is 13.1 Å². The van der Waals surface area contributed by atoms with Gasteiger partial charge in [-0.05, 0) is 37.6 Å². The van der Waals surface area contributed by atoms with E-state index in [1.54, 1.807) is 4.90 Å². The number of benzene rings is 2. The number of rotatable bonds is 6. The first kappa shape index (κ1) is 17.2. The SMILES string of the molecule is Cc1ccccc1CN(C)C(=O)CN(C)[C@@H](C)c1ccccc1. The van der Waals surface area contributed by atoms with Crippen molar-refractivity contribution in [3.63, 3.8) is 0 Å². The van der Waals surface area contributed by atoms with Gasteiger partial charge in [0.05, 0.1) is 6.54 Å². The fraction of sp³-hybridized carbons (Fsp3) is 0.350. The summed E-state index contributed by atoms with van der Waals surface area (Å²) in [6, 6.07) is 18.7. The summed E-state index contributed by atoms with van der Waals surface area (Å²) in [6.45, 7) is 5.28. The molecule has 0 radical (unpaired) electrons. The molecular weight excluding hydrogens is 284 g/mol. The summed E-state index contributed by atoms with van der Waals surface area (Å²) in [4.78, 5) is 16.4. The van der Waals surface area contributed by atoms with Gasteiger partial charge < -0.3 is 4.90 Å². The van der Waals surface area contributed by atoms with Gasteiger partial charge in [-0.25, -0.2) is 0 Å². The van der Waals surface area contributed by atoms with Crippen LogP contribution in [-0.4, -0.2) is 36.3 Å². The third-order valence-corrected chi connectivity index (χ3v) is 4.42. The lowest BCUT2D eigenvalue weighted by Gasteiger charge is -2.27. The van der Waals surface area contributed by atoms with Crippen molar-refractivity contribution in [1.29, 1.82) is 0 Å². The topological polar surface area (TPSA) is 23.6 Å². The Hall–Kier alpha value is -2.13. The molecule has 3 nitrogen and oxygen atoms in total. The summed E-state index contributed by atoms with van der Waals surface area (Å²) in [5.41, 5.74) is 3.64. The quantitative estimate of drug-likeness (QED) is 0.813. The number of nitrogens with zero attached hydrogens (tertiary/aromatic N) is 2. The van der Waals surface area contributed by atoms with Crippen LogP contribution in [0.2, 0.25) is 0 Å². The highest BCUT2D eigenvalue weighted by atomic mass is 16.2. The van der Waals surface area contributed by atoms with Crippen LogP contribution in [0.4, 0.5) is 0 Å². The van der Waals surface area contributed by atoms with E-state index in [0.717, 1.165) is 0 Å². The van der Waals surface area contributed by atoms with Crippen molar-refractivity contribution in [2.45, 2.75) is 26.4 Å². The molecule has 1 atom stereocenters. The largest absolute Gasteiger partial charge is 0.340 e. The average Bonchev–Trinajstić information content (AvgIpc) is 2.56. The second-order valence-electron chi connectivity index (χ2n) is 6.18. The zero-order chi connectivity index (χ0) is 16.8. The molecule has 0 saturated heterocycles. The van der Waals surface area contributed by atoms with Crippen LogP contribution in [-0.2, 0) is 11.3 Å². The number of carbonyl (C=O) groups is 1. The van der Waals surface area contributed by atoms with E-state index in [2.05, 4.69) is 43.0 Å². The molecule has 0 saturated carbocycles. The molecule has 0 unspecified atom stereocenters. The monoisotopic (exact) mass is 310 g/mol. The second-order valence-corrected chi connectivity index (χ2v) is 6.18. The number of aryl methyl sites for hydroxylation is 1. The molecule has 2 aromatic carbocycles. The first-order chi connectivity index (χ1) is 11.0. The Kier molecular flexibility index (Phi) is 5.94. The lowest BCUT2D eigenvalue weighted by Crippen LogP contribution is -2.37. The van der Waals surface area contributed by atoms with Gasteiger partial charge in [0.15, 0.2) is 0 Å². The van der Waals surface area contributed by atoms with Gasteiger partial charge in [-0.15, -0.1) is 0 Å². The minimum atomic E-state index is 0.138. The van der Waals surface area contributed by atoms with Crippen LogP contribution >= 0.6 is 0 Å². The predicted molar refractivity (Wildman–Crippen MR) is 95.1 cm³/mol. The number of carbonyl (C=O) groups excluding carboxylic acids is 1. The Morgan fingerprint density at radius 3 is 2.26 bits per heavy atom. The van der Waals surface area contributed by atoms with E-state index in [-0.39, 0.29) is 11.9 Å². The molecule has 2 rings (SSSR count). The second kappa shape index (κ2) is 7.93. The molecule has 0 aromatic heterocycles. The van der Waals surface area contributed by atoms with Crippen molar-refractivity contribution in [3.05, 3.63) is 71.3 Å². The maximum atomic E-state index is 12.5. The fourth-order valence-electron chi connectivity index (χ4n) is 2.59. The minimum Gasteiger partial charge on any atom is -0.340 e. The smallest absolute Gasteiger partial charge is 0.236 e. The van der Waals surface area contributed by atoms with Crippen LogP contribution in [0.25, 0.3) is 0 Å². The highest BCUT2D eigenvalue weighted by molar-refractivity contribution is 5.78. The molecule has 122 valence electrons. The van der Waals surface area contributed by atoms with Gasteiger partial charge in [0.1, 0.15) is 0 Å². The summed E-state index contributed by atoms with van der Waals surface area (Å²) in [5, 5.41) is 0. The molecule has 0 heterocycles. The first-order valence-electron chi connectivity index (χ1n) is 8.02. The van der Waals surface area contributed by atoms with Crippen LogP contribution in [0, 0.1) is 6.92 Å². The maximum absolute atomic E-state index is 12.5. The van der Waals surface area contributed by atoms with Gasteiger partial charge >= 0.3 is 0 Å². The Morgan fingerprint density at radius 1 is 1.00 bits per heavy atom. The molecule has 0 fully saturated rings. The van der Waals surface area contributed by atoms with Crippen molar-refractivity contribution < 1.29 is 4.79 Å². The van der Waals surface area contributed by atoms with E-state index in [1.807, 2.05) is 44.4 Å². The molecule has 0 aliphatic carbocycles. The van der Waals surface area contributed by atoms with E-state index >= 15 is 0 Å². The molecule has 0 bridgehead atoms. The van der Waals surface area contributed by atoms with E-state index in [9.17, 15) is 4.79 Å². The molecule has 1 amide bonds. The number of amides is 1. The minimum absolute atomic E-state index is 0.138. The van der Waals surface area contributed by atoms with Gasteiger partial charge in [-0.1, -0.05) is 54.6 Å². The lowest BCUT2D eigenvalue weighted by atomic mass is 10.1. The van der Waals surface area contributed by atoms with E-state index < -0.39 is 0 Å². The van der Waals surface area contributed by atoms with Crippen LogP contribution < -0.4 is 0 Å². The normalized spacial score (nSPS) is 12.2. The maximum Gasteiger partial charge on any atom is 0.236 e. The van der Waals surface area contributed by atoms with E-state index in [4.69, 9.17) is 0 Å². The Bertz CT molecular complexity index is 639. The van der Waals surface area contributed by atoms with Gasteiger partial charge in [0.2, 0.25) is 5.91 Å². The summed E-state index contributed by atoms with van der Waals surface area (Å²) < 4.78 is 0. The average molecular weight is 310 g/mol. The predicted octanol–water partition coefficient (Wildman–Crippen LogP) is 3.65. The van der Waals surface area contributed by atoms with Crippen molar-refractivity contribution >= 4 is 5.91 Å². The molecule has 0 aliphatic heterocycles. The van der Waals surface area contributed by atoms with Crippen LogP contribution in [0.3, 0.4) is 0 Å². The third kappa shape index (κ3) is 4.67. The summed E-state index contributed by atoms with van der Waals surface area (Å²) in [5.74, 6) is 0.138. The zero-order valence-corrected chi connectivity index (χ0v) is 14.5. The van der Waals surface area contributed by atoms with E-state index in [1.165, 1.54) is 16.7 Å². The lowest BCUT2D eigenvalue weighted by molar-refractivity contribution is -0.131. The Morgan fingerprint density at radius 2 is 1.61 bits per heavy atom. The molecule has 2 aromatic rings. The van der Waals surface area contributed by atoms with Crippen LogP contribution in [0.15, 0.2) is 54.6 Å². The molecule has 0 aliphatic rings. The molecule has 0 N–H and O–H groups in total. The number of likely N-dealkylation sites (N-methyl/N-ethyl adjacent to an activating group) is 2. The molecule has 0 spiro atoms. The summed E-state index contributed by atoms with van der Waals surface area (Å²) >= 11 is 0. The third-order valence-electron chi connectivity index (χ3n) is 4.42. The number of hydrogen-bond donors (Lipinski definition) is 0. The first-order valence-corrected chi connectivity index (χ1v) is 8.02. The van der Waals surface area contributed by atoms with Gasteiger partial charge in [-0.3, -0.25) is 9.69 Å². The standard InChI is InChI=1S/C20H26N2O/c1-16-10-8-9-13-19(16)14-22(4)20(23)15-21(3)17(2)18-11-6-5-7-12-18/h5-13,17H,14-15H2,1-4H3/t17-/m0/s1. The van der Waals surface area contributed by atoms with Crippen molar-refractivity contribution in [1.82, 2.24) is 9.80 Å². The Balaban J connectivity index is 1.94. The van der Waals surface area contributed by atoms with Crippen molar-refractivity contribution in [3.8, 4) is 0 Å². The highest BCUT2D eigenvalue weighted by Crippen LogP contribution is 2.18. The zero-order valence-electron chi connectivity index (χ0n) is 14.5. The van der Waals surface area contributed by atoms with Crippen LogP contribution in [0.5, 0.6) is 0 Å². The van der Waals surface area contributed by atoms with Crippen LogP contribution in [0.1, 0.15) is 29.7 Å². The Labute approximate surface area is 139 Å². The summed E-state index contributed by atoms with van der Waals surface area (Å²) in [7, 11) is 3.87. The molecule has 3 heteroatoms. The highest BCUT2D eigenvalue weighted by Gasteiger charge is 2.17. The van der Waals surface area contributed by atoms with Gasteiger partial charge in [-0.2, -0.15) is 0 Å². The van der Waals surface area contributed by atoms with Gasteiger partial charge in [0, 0.05) is 19.6 Å². The fourth-order valence-corrected chi connectivity index (χ4v) is 2.59.